The van der Waals surface area contributed by atoms with Gasteiger partial charge in [-0.2, -0.15) is 0 Å². The molecule has 2 aliphatic rings. The molecule has 1 heterocycles. The number of piperazine rings is 1. The van der Waals surface area contributed by atoms with Crippen LogP contribution in [0.3, 0.4) is 0 Å². The van der Waals surface area contributed by atoms with Gasteiger partial charge in [-0.3, -0.25) is 4.90 Å². The van der Waals surface area contributed by atoms with Crippen molar-refractivity contribution in [3.05, 3.63) is 35.4 Å². The van der Waals surface area contributed by atoms with E-state index >= 15 is 0 Å². The molecule has 2 fully saturated rings. The Balaban J connectivity index is 1.64. The Morgan fingerprint density at radius 3 is 2.38 bits per heavy atom. The van der Waals surface area contributed by atoms with Gasteiger partial charge in [0.15, 0.2) is 0 Å². The molecule has 2 atom stereocenters. The molecule has 3 rings (SSSR count). The van der Waals surface area contributed by atoms with E-state index in [4.69, 9.17) is 0 Å². The zero-order chi connectivity index (χ0) is 15.0. The van der Waals surface area contributed by atoms with Crippen molar-refractivity contribution >= 4 is 0 Å². The highest BCUT2D eigenvalue weighted by atomic mass is 15.2. The Hall–Kier alpha value is -0.860. The minimum absolute atomic E-state index is 0.248. The van der Waals surface area contributed by atoms with Crippen LogP contribution in [0.15, 0.2) is 24.3 Å². The predicted molar refractivity (Wildman–Crippen MR) is 89.5 cm³/mol. The Morgan fingerprint density at radius 2 is 1.81 bits per heavy atom. The molecule has 0 radical (unpaired) electrons. The van der Waals surface area contributed by atoms with Crippen molar-refractivity contribution in [1.82, 2.24) is 10.2 Å². The molecule has 2 unspecified atom stereocenters. The van der Waals surface area contributed by atoms with Crippen LogP contribution in [0, 0.1) is 5.92 Å². The summed E-state index contributed by atoms with van der Waals surface area (Å²) in [4.78, 5) is 2.66. The third kappa shape index (κ3) is 3.67. The number of nitrogens with zero attached hydrogens (tertiary/aromatic N) is 1. The molecule has 0 amide bonds. The molecule has 1 N–H and O–H groups in total. The van der Waals surface area contributed by atoms with E-state index in [9.17, 15) is 0 Å². The maximum absolute atomic E-state index is 3.73. The minimum atomic E-state index is 0.248. The topological polar surface area (TPSA) is 15.3 Å². The standard InChI is InChI=1S/C19H30N2/c1-14-11-20-18(16-7-8-16)13-21(14)12-15-5-9-17(10-6-15)19(2,3)4/h5-6,9-10,14,16,18,20H,7-8,11-13H2,1-4H3. The normalized spacial score (nSPS) is 27.8. The van der Waals surface area contributed by atoms with Crippen LogP contribution in [0.2, 0.25) is 0 Å². The van der Waals surface area contributed by atoms with Crippen LogP contribution in [0.25, 0.3) is 0 Å². The number of nitrogens with one attached hydrogen (secondary N) is 1. The maximum Gasteiger partial charge on any atom is 0.0237 e. The predicted octanol–water partition coefficient (Wildman–Crippen LogP) is 3.56. The maximum atomic E-state index is 3.73. The zero-order valence-electron chi connectivity index (χ0n) is 14.0. The van der Waals surface area contributed by atoms with Gasteiger partial charge in [0.2, 0.25) is 0 Å². The van der Waals surface area contributed by atoms with Crippen molar-refractivity contribution in [3.8, 4) is 0 Å². The quantitative estimate of drug-likeness (QED) is 0.914. The van der Waals surface area contributed by atoms with Gasteiger partial charge in [0.1, 0.15) is 0 Å². The third-order valence-electron chi connectivity index (χ3n) is 5.13. The molecular weight excluding hydrogens is 256 g/mol. The third-order valence-corrected chi connectivity index (χ3v) is 5.13. The average molecular weight is 286 g/mol. The highest BCUT2D eigenvalue weighted by Gasteiger charge is 2.35. The lowest BCUT2D eigenvalue weighted by Gasteiger charge is -2.39. The molecule has 1 saturated carbocycles. The summed E-state index contributed by atoms with van der Waals surface area (Å²) in [5.41, 5.74) is 3.12. The Bertz CT molecular complexity index is 467. The monoisotopic (exact) mass is 286 g/mol. The summed E-state index contributed by atoms with van der Waals surface area (Å²) >= 11 is 0. The molecule has 116 valence electrons. The van der Waals surface area contributed by atoms with Crippen molar-refractivity contribution in [2.45, 2.75) is 64.6 Å². The number of benzene rings is 1. The van der Waals surface area contributed by atoms with Crippen molar-refractivity contribution < 1.29 is 0 Å². The van der Waals surface area contributed by atoms with Crippen molar-refractivity contribution in [2.24, 2.45) is 5.92 Å². The fourth-order valence-corrected chi connectivity index (χ4v) is 3.33. The van der Waals surface area contributed by atoms with E-state index in [0.29, 0.717) is 6.04 Å². The van der Waals surface area contributed by atoms with E-state index < -0.39 is 0 Å². The lowest BCUT2D eigenvalue weighted by Crippen LogP contribution is -2.55. The van der Waals surface area contributed by atoms with E-state index in [-0.39, 0.29) is 5.41 Å². The summed E-state index contributed by atoms with van der Waals surface area (Å²) in [6.07, 6.45) is 2.86. The Kier molecular flexibility index (Phi) is 4.11. The Labute approximate surface area is 129 Å². The van der Waals surface area contributed by atoms with E-state index in [2.05, 4.69) is 62.2 Å². The summed E-state index contributed by atoms with van der Waals surface area (Å²) in [6, 6.07) is 10.6. The van der Waals surface area contributed by atoms with Crippen molar-refractivity contribution in [2.75, 3.05) is 13.1 Å². The van der Waals surface area contributed by atoms with Gasteiger partial charge in [0, 0.05) is 31.7 Å². The van der Waals surface area contributed by atoms with Gasteiger partial charge in [-0.15, -0.1) is 0 Å². The van der Waals surface area contributed by atoms with Gasteiger partial charge in [-0.25, -0.2) is 0 Å². The minimum Gasteiger partial charge on any atom is -0.311 e. The first-order chi connectivity index (χ1) is 9.93. The first-order valence-corrected chi connectivity index (χ1v) is 8.50. The van der Waals surface area contributed by atoms with Gasteiger partial charge >= 0.3 is 0 Å². The summed E-state index contributed by atoms with van der Waals surface area (Å²) in [5.74, 6) is 0.947. The van der Waals surface area contributed by atoms with Crippen LogP contribution in [0.1, 0.15) is 51.7 Å². The van der Waals surface area contributed by atoms with Gasteiger partial charge in [0.05, 0.1) is 0 Å². The molecule has 0 bridgehead atoms. The van der Waals surface area contributed by atoms with E-state index in [1.54, 1.807) is 0 Å². The zero-order valence-corrected chi connectivity index (χ0v) is 14.0. The molecule has 0 spiro atoms. The number of hydrogen-bond acceptors (Lipinski definition) is 2. The lowest BCUT2D eigenvalue weighted by atomic mass is 9.86. The molecule has 1 aliphatic carbocycles. The number of rotatable bonds is 3. The van der Waals surface area contributed by atoms with Crippen LogP contribution < -0.4 is 5.32 Å². The van der Waals surface area contributed by atoms with Crippen LogP contribution in [0.4, 0.5) is 0 Å². The highest BCUT2D eigenvalue weighted by Crippen LogP contribution is 2.34. The molecule has 1 aliphatic heterocycles. The van der Waals surface area contributed by atoms with Crippen LogP contribution >= 0.6 is 0 Å². The molecule has 2 nitrogen and oxygen atoms in total. The molecule has 2 heteroatoms. The van der Waals surface area contributed by atoms with Crippen LogP contribution in [-0.2, 0) is 12.0 Å². The van der Waals surface area contributed by atoms with Gasteiger partial charge < -0.3 is 5.32 Å². The molecule has 1 aromatic rings. The summed E-state index contributed by atoms with van der Waals surface area (Å²) in [7, 11) is 0. The number of hydrogen-bond donors (Lipinski definition) is 1. The molecule has 1 saturated heterocycles. The van der Waals surface area contributed by atoms with Gasteiger partial charge in [-0.1, -0.05) is 45.0 Å². The fourth-order valence-electron chi connectivity index (χ4n) is 3.33. The lowest BCUT2D eigenvalue weighted by molar-refractivity contribution is 0.125. The summed E-state index contributed by atoms with van der Waals surface area (Å²) < 4.78 is 0. The smallest absolute Gasteiger partial charge is 0.0237 e. The van der Waals surface area contributed by atoms with E-state index in [1.807, 2.05) is 0 Å². The highest BCUT2D eigenvalue weighted by molar-refractivity contribution is 5.27. The second kappa shape index (κ2) is 5.73. The van der Waals surface area contributed by atoms with Gasteiger partial charge in [0.25, 0.3) is 0 Å². The second-order valence-corrected chi connectivity index (χ2v) is 8.08. The summed E-state index contributed by atoms with van der Waals surface area (Å²) in [5, 5.41) is 3.73. The fraction of sp³-hybridized carbons (Fsp3) is 0.684. The van der Waals surface area contributed by atoms with Crippen molar-refractivity contribution in [3.63, 3.8) is 0 Å². The average Bonchev–Trinajstić information content (AvgIpc) is 3.25. The molecular formula is C19H30N2. The first-order valence-electron chi connectivity index (χ1n) is 8.50. The van der Waals surface area contributed by atoms with Gasteiger partial charge in [-0.05, 0) is 42.2 Å². The van der Waals surface area contributed by atoms with Crippen LogP contribution in [-0.4, -0.2) is 30.1 Å². The molecule has 0 aromatic heterocycles. The molecule has 21 heavy (non-hydrogen) atoms. The largest absolute Gasteiger partial charge is 0.311 e. The van der Waals surface area contributed by atoms with Crippen LogP contribution in [0.5, 0.6) is 0 Å². The van der Waals surface area contributed by atoms with Crippen molar-refractivity contribution in [1.29, 1.82) is 0 Å². The second-order valence-electron chi connectivity index (χ2n) is 8.08. The first kappa shape index (κ1) is 15.1. The van der Waals surface area contributed by atoms with E-state index in [0.717, 1.165) is 25.0 Å². The Morgan fingerprint density at radius 1 is 1.14 bits per heavy atom. The van der Waals surface area contributed by atoms with E-state index in [1.165, 1.54) is 30.5 Å². The SMILES string of the molecule is CC1CNC(C2CC2)CN1Cc1ccc(C(C)(C)C)cc1. The summed E-state index contributed by atoms with van der Waals surface area (Å²) in [6.45, 7) is 12.6. The molecule has 1 aromatic carbocycles.